The van der Waals surface area contributed by atoms with Crippen LogP contribution in [0.4, 0.5) is 0 Å². The van der Waals surface area contributed by atoms with E-state index < -0.39 is 0 Å². The Hall–Kier alpha value is -1.02. The van der Waals surface area contributed by atoms with Gasteiger partial charge in [-0.2, -0.15) is 0 Å². The van der Waals surface area contributed by atoms with Crippen LogP contribution in [-0.4, -0.2) is 12.6 Å². The molecule has 92 valence electrons. The molecule has 1 heterocycles. The number of fused-ring (bicyclic) bond motifs is 1. The summed E-state index contributed by atoms with van der Waals surface area (Å²) in [5.74, 6) is 2.03. The van der Waals surface area contributed by atoms with E-state index in [0.717, 1.165) is 37.3 Å². The summed E-state index contributed by atoms with van der Waals surface area (Å²) < 4.78 is 5.52. The molecule has 2 nitrogen and oxygen atoms in total. The van der Waals surface area contributed by atoms with E-state index in [0.29, 0.717) is 0 Å². The van der Waals surface area contributed by atoms with Gasteiger partial charge in [0.15, 0.2) is 0 Å². The number of nitrogens with one attached hydrogen (secondary N) is 1. The number of hydrogen-bond acceptors (Lipinski definition) is 2. The van der Waals surface area contributed by atoms with E-state index in [1.54, 1.807) is 0 Å². The summed E-state index contributed by atoms with van der Waals surface area (Å²) >= 11 is 0. The van der Waals surface area contributed by atoms with E-state index in [4.69, 9.17) is 4.74 Å². The van der Waals surface area contributed by atoms with Crippen molar-refractivity contribution in [2.24, 2.45) is 5.92 Å². The fourth-order valence-electron chi connectivity index (χ4n) is 2.79. The first-order valence-electron chi connectivity index (χ1n) is 6.85. The summed E-state index contributed by atoms with van der Waals surface area (Å²) in [4.78, 5) is 0. The molecular formula is C15H21NO. The lowest BCUT2D eigenvalue weighted by atomic mass is 10.1. The van der Waals surface area contributed by atoms with Crippen LogP contribution in [0.1, 0.15) is 37.3 Å². The van der Waals surface area contributed by atoms with Gasteiger partial charge in [-0.1, -0.05) is 25.5 Å². The molecule has 0 bridgehead atoms. The third-order valence-electron chi connectivity index (χ3n) is 3.90. The minimum atomic E-state index is 0.777. The Bertz CT molecular complexity index is 402. The van der Waals surface area contributed by atoms with E-state index >= 15 is 0 Å². The molecule has 0 saturated heterocycles. The van der Waals surface area contributed by atoms with Gasteiger partial charge in [0.25, 0.3) is 0 Å². The first kappa shape index (κ1) is 11.1. The van der Waals surface area contributed by atoms with Crippen LogP contribution in [0.3, 0.4) is 0 Å². The lowest BCUT2D eigenvalue weighted by Crippen LogP contribution is -2.17. The van der Waals surface area contributed by atoms with E-state index in [9.17, 15) is 0 Å². The average Bonchev–Trinajstić information content (AvgIpc) is 2.91. The predicted octanol–water partition coefficient (Wildman–Crippen LogP) is 2.90. The second-order valence-electron chi connectivity index (χ2n) is 5.31. The molecule has 3 rings (SSSR count). The second-order valence-corrected chi connectivity index (χ2v) is 5.31. The highest BCUT2D eigenvalue weighted by Crippen LogP contribution is 2.35. The molecule has 1 aromatic carbocycles. The van der Waals surface area contributed by atoms with Crippen LogP contribution < -0.4 is 10.1 Å². The van der Waals surface area contributed by atoms with Crippen molar-refractivity contribution in [2.75, 3.05) is 6.61 Å². The molecule has 1 aromatic rings. The lowest BCUT2D eigenvalue weighted by Gasteiger charge is -2.06. The third-order valence-corrected chi connectivity index (χ3v) is 3.90. The summed E-state index contributed by atoms with van der Waals surface area (Å²) in [5.41, 5.74) is 2.78. The van der Waals surface area contributed by atoms with Crippen LogP contribution in [0, 0.1) is 5.92 Å². The van der Waals surface area contributed by atoms with Crippen molar-refractivity contribution >= 4 is 0 Å². The maximum atomic E-state index is 5.52. The van der Waals surface area contributed by atoms with Crippen molar-refractivity contribution < 1.29 is 4.74 Å². The Morgan fingerprint density at radius 3 is 3.24 bits per heavy atom. The molecule has 0 radical (unpaired) electrons. The number of ether oxygens (including phenoxy) is 1. The van der Waals surface area contributed by atoms with Gasteiger partial charge >= 0.3 is 0 Å². The molecule has 2 heteroatoms. The van der Waals surface area contributed by atoms with Gasteiger partial charge in [0.05, 0.1) is 6.61 Å². The van der Waals surface area contributed by atoms with Crippen LogP contribution in [0.2, 0.25) is 0 Å². The molecule has 0 amide bonds. The molecule has 1 saturated carbocycles. The maximum absolute atomic E-state index is 5.52. The molecule has 17 heavy (non-hydrogen) atoms. The zero-order valence-electron chi connectivity index (χ0n) is 10.5. The van der Waals surface area contributed by atoms with Crippen LogP contribution in [-0.2, 0) is 13.0 Å². The topological polar surface area (TPSA) is 21.3 Å². The van der Waals surface area contributed by atoms with E-state index in [1.807, 2.05) is 0 Å². The molecule has 1 N–H and O–H groups in total. The predicted molar refractivity (Wildman–Crippen MR) is 69.3 cm³/mol. The average molecular weight is 231 g/mol. The molecule has 1 fully saturated rings. The van der Waals surface area contributed by atoms with Gasteiger partial charge in [0.2, 0.25) is 0 Å². The largest absolute Gasteiger partial charge is 0.493 e. The van der Waals surface area contributed by atoms with Gasteiger partial charge in [-0.05, 0) is 36.0 Å². The fourth-order valence-corrected chi connectivity index (χ4v) is 2.79. The van der Waals surface area contributed by atoms with Crippen LogP contribution >= 0.6 is 0 Å². The van der Waals surface area contributed by atoms with E-state index in [-0.39, 0.29) is 0 Å². The lowest BCUT2D eigenvalue weighted by molar-refractivity contribution is 0.357. The Morgan fingerprint density at radius 1 is 1.41 bits per heavy atom. The van der Waals surface area contributed by atoms with Crippen LogP contribution in [0.15, 0.2) is 18.2 Å². The van der Waals surface area contributed by atoms with Crippen molar-refractivity contribution in [3.8, 4) is 5.75 Å². The van der Waals surface area contributed by atoms with Gasteiger partial charge in [0, 0.05) is 19.0 Å². The number of hydrogen-bond donors (Lipinski definition) is 1. The molecule has 0 spiro atoms. The monoisotopic (exact) mass is 231 g/mol. The zero-order chi connectivity index (χ0) is 11.7. The quantitative estimate of drug-likeness (QED) is 0.841. The minimum absolute atomic E-state index is 0.777. The van der Waals surface area contributed by atoms with Crippen molar-refractivity contribution in [1.82, 2.24) is 5.32 Å². The summed E-state index contributed by atoms with van der Waals surface area (Å²) in [6, 6.07) is 7.39. The summed E-state index contributed by atoms with van der Waals surface area (Å²) in [6.07, 6.45) is 5.15. The molecule has 2 aliphatic rings. The Balaban J connectivity index is 1.52. The SMILES string of the molecule is CCCC1CC1NCc1ccc2c(c1)CCO2. The normalized spacial score (nSPS) is 25.5. The molecule has 1 aliphatic heterocycles. The molecular weight excluding hydrogens is 210 g/mol. The van der Waals surface area contributed by atoms with Gasteiger partial charge in [-0.15, -0.1) is 0 Å². The molecule has 0 aromatic heterocycles. The van der Waals surface area contributed by atoms with Gasteiger partial charge < -0.3 is 10.1 Å². The van der Waals surface area contributed by atoms with Crippen LogP contribution in [0.25, 0.3) is 0 Å². The van der Waals surface area contributed by atoms with Gasteiger partial charge in [-0.3, -0.25) is 0 Å². The Kier molecular flexibility index (Phi) is 3.06. The highest BCUT2D eigenvalue weighted by Gasteiger charge is 2.35. The fraction of sp³-hybridized carbons (Fsp3) is 0.600. The van der Waals surface area contributed by atoms with E-state index in [1.165, 1.54) is 30.4 Å². The highest BCUT2D eigenvalue weighted by molar-refractivity contribution is 5.39. The first-order chi connectivity index (χ1) is 8.36. The number of benzene rings is 1. The molecule has 2 atom stereocenters. The second kappa shape index (κ2) is 4.69. The third kappa shape index (κ3) is 2.47. The summed E-state index contributed by atoms with van der Waals surface area (Å²) in [5, 5.41) is 3.66. The smallest absolute Gasteiger partial charge is 0.122 e. The first-order valence-corrected chi connectivity index (χ1v) is 6.85. The maximum Gasteiger partial charge on any atom is 0.122 e. The Labute approximate surface area is 103 Å². The van der Waals surface area contributed by atoms with Crippen molar-refractivity contribution in [3.05, 3.63) is 29.3 Å². The zero-order valence-corrected chi connectivity index (χ0v) is 10.5. The van der Waals surface area contributed by atoms with Crippen molar-refractivity contribution in [2.45, 2.75) is 45.2 Å². The summed E-state index contributed by atoms with van der Waals surface area (Å²) in [7, 11) is 0. The number of rotatable bonds is 5. The molecule has 2 unspecified atom stereocenters. The van der Waals surface area contributed by atoms with E-state index in [2.05, 4.69) is 30.4 Å². The van der Waals surface area contributed by atoms with Crippen LogP contribution in [0.5, 0.6) is 5.75 Å². The van der Waals surface area contributed by atoms with Crippen molar-refractivity contribution in [3.63, 3.8) is 0 Å². The summed E-state index contributed by atoms with van der Waals surface area (Å²) in [6.45, 7) is 4.14. The van der Waals surface area contributed by atoms with Gasteiger partial charge in [0.1, 0.15) is 5.75 Å². The Morgan fingerprint density at radius 2 is 2.35 bits per heavy atom. The van der Waals surface area contributed by atoms with Gasteiger partial charge in [-0.25, -0.2) is 0 Å². The van der Waals surface area contributed by atoms with Crippen molar-refractivity contribution in [1.29, 1.82) is 0 Å². The minimum Gasteiger partial charge on any atom is -0.493 e. The molecule has 1 aliphatic carbocycles. The highest BCUT2D eigenvalue weighted by atomic mass is 16.5. The standard InChI is InChI=1S/C15H21NO/c1-2-3-12-9-14(12)16-10-11-4-5-15-13(8-11)6-7-17-15/h4-5,8,12,14,16H,2-3,6-7,9-10H2,1H3.